The summed E-state index contributed by atoms with van der Waals surface area (Å²) in [6.07, 6.45) is -0.00127. The number of rotatable bonds is 5. The third-order valence-electron chi connectivity index (χ3n) is 1.99. The summed E-state index contributed by atoms with van der Waals surface area (Å²) in [5.41, 5.74) is 0. The van der Waals surface area contributed by atoms with Crippen LogP contribution in [-0.2, 0) is 14.9 Å². The van der Waals surface area contributed by atoms with E-state index in [9.17, 15) is 35.3 Å². The van der Waals surface area contributed by atoms with Gasteiger partial charge in [0.15, 0.2) is 10.1 Å². The predicted molar refractivity (Wildman–Crippen MR) is 54.1 cm³/mol. The molecule has 112 valence electrons. The second-order valence-electron chi connectivity index (χ2n) is 3.51. The van der Waals surface area contributed by atoms with Crippen LogP contribution in [0.5, 0.6) is 5.75 Å². The molecule has 1 aromatic heterocycles. The number of hydrogen-bond acceptors (Lipinski definition) is 6. The van der Waals surface area contributed by atoms with E-state index in [0.717, 1.165) is 24.5 Å². The number of esters is 1. The molecule has 0 N–H and O–H groups in total. The molecule has 0 bridgehead atoms. The summed E-state index contributed by atoms with van der Waals surface area (Å²) in [6, 6.07) is 2.16. The van der Waals surface area contributed by atoms with E-state index in [1.165, 1.54) is 0 Å². The molecule has 6 nitrogen and oxygen atoms in total. The van der Waals surface area contributed by atoms with Gasteiger partial charge in [0.2, 0.25) is 0 Å². The molecule has 12 heteroatoms. The van der Waals surface area contributed by atoms with Gasteiger partial charge >= 0.3 is 46.7 Å². The Morgan fingerprint density at radius 1 is 1.24 bits per heavy atom. The molecule has 0 atom stereocenters. The first-order chi connectivity index (χ1) is 8.97. The fourth-order valence-corrected chi connectivity index (χ4v) is 1.48. The first-order valence-corrected chi connectivity index (χ1v) is 6.20. The topological polar surface area (TPSA) is 96.4 Å². The van der Waals surface area contributed by atoms with Crippen molar-refractivity contribution in [1.82, 2.24) is 4.98 Å². The summed E-state index contributed by atoms with van der Waals surface area (Å²) in [6.45, 7) is 0. The Balaban J connectivity index is 0.00000400. The molecule has 0 saturated heterocycles. The maximum Gasteiger partial charge on any atom is 1.00 e. The summed E-state index contributed by atoms with van der Waals surface area (Å²) in [4.78, 5) is 14.6. The number of pyridine rings is 1. The van der Waals surface area contributed by atoms with E-state index >= 15 is 0 Å². The van der Waals surface area contributed by atoms with E-state index in [1.54, 1.807) is 0 Å². The summed E-state index contributed by atoms with van der Waals surface area (Å²) in [5.74, 6) is -7.48. The number of halogens is 4. The van der Waals surface area contributed by atoms with Gasteiger partial charge in [0.1, 0.15) is 12.2 Å². The van der Waals surface area contributed by atoms with Crippen molar-refractivity contribution in [2.45, 2.75) is 17.6 Å². The molecule has 0 fully saturated rings. The van der Waals surface area contributed by atoms with E-state index in [2.05, 4.69) is 9.72 Å². The molecule has 0 amide bonds. The minimum Gasteiger partial charge on any atom is -0.743 e. The molecule has 0 aromatic carbocycles. The Bertz CT molecular complexity index is 595. The Hall–Kier alpha value is -0.750. The van der Waals surface area contributed by atoms with Gasteiger partial charge in [-0.1, -0.05) is 0 Å². The van der Waals surface area contributed by atoms with E-state index < -0.39 is 33.7 Å². The van der Waals surface area contributed by atoms with Gasteiger partial charge in [-0.3, -0.25) is 9.78 Å². The average molecular weight is 339 g/mol. The van der Waals surface area contributed by atoms with E-state index in [-0.39, 0.29) is 35.3 Å². The monoisotopic (exact) mass is 339 g/mol. The summed E-state index contributed by atoms with van der Waals surface area (Å²) in [7, 11) is -6.63. The maximum atomic E-state index is 13.0. The van der Waals surface area contributed by atoms with Crippen LogP contribution in [0, 0.1) is 0 Å². The van der Waals surface area contributed by atoms with Crippen molar-refractivity contribution < 1.29 is 69.6 Å². The molecule has 1 aromatic rings. The number of aromatic nitrogens is 1. The summed E-state index contributed by atoms with van der Waals surface area (Å²) < 4.78 is 86.0. The Morgan fingerprint density at radius 2 is 1.71 bits per heavy atom. The molecule has 1 heterocycles. The van der Waals surface area contributed by atoms with E-state index in [1.807, 2.05) is 0 Å². The Labute approximate surface area is 138 Å². The molecule has 0 saturated carbocycles. The fourth-order valence-electron chi connectivity index (χ4n) is 1.04. The van der Waals surface area contributed by atoms with E-state index in [4.69, 9.17) is 0 Å². The van der Waals surface area contributed by atoms with Crippen LogP contribution in [0.15, 0.2) is 24.5 Å². The molecule has 0 aliphatic heterocycles. The van der Waals surface area contributed by atoms with E-state index in [0.29, 0.717) is 0 Å². The number of carbonyl (C=O) groups is 1. The molecule has 21 heavy (non-hydrogen) atoms. The van der Waals surface area contributed by atoms with Gasteiger partial charge in [-0.2, -0.15) is 17.6 Å². The minimum atomic E-state index is -6.63. The van der Waals surface area contributed by atoms with Crippen LogP contribution < -0.4 is 34.3 Å². The van der Waals surface area contributed by atoms with Crippen molar-refractivity contribution in [1.29, 1.82) is 0 Å². The predicted octanol–water partition coefficient (Wildman–Crippen LogP) is -1.85. The van der Waals surface area contributed by atoms with Gasteiger partial charge < -0.3 is 9.29 Å². The molecule has 1 rings (SSSR count). The molecule has 0 aliphatic carbocycles. The normalized spacial score (nSPS) is 12.4. The second kappa shape index (κ2) is 7.01. The van der Waals surface area contributed by atoms with Crippen LogP contribution in [0.4, 0.5) is 17.6 Å². The minimum absolute atomic E-state index is 0. The van der Waals surface area contributed by atoms with Crippen molar-refractivity contribution in [3.63, 3.8) is 0 Å². The summed E-state index contributed by atoms with van der Waals surface area (Å²) in [5, 5.41) is -5.92. The van der Waals surface area contributed by atoms with Crippen molar-refractivity contribution >= 4 is 16.1 Å². The SMILES string of the molecule is O=C(CC(F)(F)C(F)(F)S(=O)(=O)[O-])Oc1ccncc1.[Na+]. The van der Waals surface area contributed by atoms with Gasteiger partial charge in [-0.25, -0.2) is 8.42 Å². The van der Waals surface area contributed by atoms with Crippen LogP contribution in [0.2, 0.25) is 0 Å². The van der Waals surface area contributed by atoms with Gasteiger partial charge in [-0.05, 0) is 12.1 Å². The largest absolute Gasteiger partial charge is 1.00 e. The van der Waals surface area contributed by atoms with Crippen molar-refractivity contribution in [2.75, 3.05) is 0 Å². The third kappa shape index (κ3) is 4.88. The fraction of sp³-hybridized carbons (Fsp3) is 0.333. The molecule has 0 aliphatic rings. The van der Waals surface area contributed by atoms with Gasteiger partial charge in [0.25, 0.3) is 0 Å². The number of carbonyl (C=O) groups excluding carboxylic acids is 1. The first-order valence-electron chi connectivity index (χ1n) is 4.79. The number of hydrogen-bond donors (Lipinski definition) is 0. The number of nitrogens with zero attached hydrogens (tertiary/aromatic N) is 1. The standard InChI is InChI=1S/C9H7F4NO5S.Na/c10-8(11,9(12,13)20(16,17)18)5-7(15)19-6-1-3-14-4-2-6;/h1-4H,5H2,(H,16,17,18);/q;+1/p-1. The quantitative estimate of drug-likeness (QED) is 0.271. The zero-order valence-electron chi connectivity index (χ0n) is 10.4. The van der Waals surface area contributed by atoms with Gasteiger partial charge in [-0.15, -0.1) is 0 Å². The van der Waals surface area contributed by atoms with Crippen LogP contribution in [0.3, 0.4) is 0 Å². The molecule has 0 unspecified atom stereocenters. The van der Waals surface area contributed by atoms with Gasteiger partial charge in [0, 0.05) is 12.4 Å². The molecular weight excluding hydrogens is 333 g/mol. The number of ether oxygens (including phenoxy) is 1. The molecule has 0 radical (unpaired) electrons. The first kappa shape index (κ1) is 20.2. The smallest absolute Gasteiger partial charge is 0.743 e. The van der Waals surface area contributed by atoms with Crippen molar-refractivity contribution in [3.05, 3.63) is 24.5 Å². The molecular formula is C9H6F4NNaO5S. The number of alkyl halides is 4. The van der Waals surface area contributed by atoms with Crippen LogP contribution >= 0.6 is 0 Å². The van der Waals surface area contributed by atoms with Crippen molar-refractivity contribution in [3.8, 4) is 5.75 Å². The second-order valence-corrected chi connectivity index (χ2v) is 4.93. The Kier molecular flexibility index (Phi) is 6.76. The van der Waals surface area contributed by atoms with Crippen LogP contribution in [0.1, 0.15) is 6.42 Å². The summed E-state index contributed by atoms with van der Waals surface area (Å²) >= 11 is 0. The Morgan fingerprint density at radius 3 is 2.14 bits per heavy atom. The maximum absolute atomic E-state index is 13.0. The van der Waals surface area contributed by atoms with Crippen molar-refractivity contribution in [2.24, 2.45) is 0 Å². The van der Waals surface area contributed by atoms with Gasteiger partial charge in [0.05, 0.1) is 0 Å². The average Bonchev–Trinajstić information content (AvgIpc) is 2.27. The van der Waals surface area contributed by atoms with Crippen LogP contribution in [0.25, 0.3) is 0 Å². The van der Waals surface area contributed by atoms with Crippen LogP contribution in [-0.4, -0.2) is 35.1 Å². The third-order valence-corrected chi connectivity index (χ3v) is 2.91. The molecule has 0 spiro atoms. The zero-order valence-corrected chi connectivity index (χ0v) is 13.2. The zero-order chi connectivity index (χ0) is 15.6.